The lowest BCUT2D eigenvalue weighted by Gasteiger charge is -2.03. The first-order chi connectivity index (χ1) is 7.02. The van der Waals surface area contributed by atoms with E-state index in [1.54, 1.807) is 0 Å². The summed E-state index contributed by atoms with van der Waals surface area (Å²) in [5, 5.41) is 19.8. The van der Waals surface area contributed by atoms with Crippen molar-refractivity contribution in [3.05, 3.63) is 33.9 Å². The normalized spacial score (nSPS) is 9.67. The third-order valence-corrected chi connectivity index (χ3v) is 1.73. The molecule has 0 saturated carbocycles. The quantitative estimate of drug-likeness (QED) is 0.489. The van der Waals surface area contributed by atoms with Gasteiger partial charge in [-0.25, -0.2) is 4.79 Å². The Balaban J connectivity index is 3.01. The van der Waals surface area contributed by atoms with E-state index in [0.717, 1.165) is 0 Å². The number of nitro benzene ring substituents is 1. The highest BCUT2D eigenvalue weighted by Gasteiger charge is 2.19. The molecule has 0 aromatic heterocycles. The molecule has 0 amide bonds. The minimum absolute atomic E-state index is 0.0778. The van der Waals surface area contributed by atoms with Crippen molar-refractivity contribution in [2.24, 2.45) is 0 Å². The molecule has 0 atom stereocenters. The molecular weight excluding hydrogens is 226 g/mol. The second kappa shape index (κ2) is 4.61. The highest BCUT2D eigenvalue weighted by molar-refractivity contribution is 6.61. The van der Waals surface area contributed by atoms with Crippen molar-refractivity contribution in [3.63, 3.8) is 0 Å². The van der Waals surface area contributed by atoms with Crippen LogP contribution < -0.4 is 0 Å². The van der Waals surface area contributed by atoms with E-state index in [9.17, 15) is 20.0 Å². The summed E-state index contributed by atoms with van der Waals surface area (Å²) in [6.45, 7) is -0.354. The van der Waals surface area contributed by atoms with Gasteiger partial charge in [0.05, 0.1) is 10.5 Å². The number of hydrogen-bond acceptors (Lipinski definition) is 5. The van der Waals surface area contributed by atoms with Crippen molar-refractivity contribution in [1.82, 2.24) is 0 Å². The predicted molar refractivity (Wildman–Crippen MR) is 50.8 cm³/mol. The Morgan fingerprint density at radius 1 is 1.60 bits per heavy atom. The summed E-state index contributed by atoms with van der Waals surface area (Å²) in [5.41, 5.74) is -1.47. The number of ether oxygens (including phenoxy) is 1. The zero-order chi connectivity index (χ0) is 11.4. The van der Waals surface area contributed by atoms with E-state index in [-0.39, 0.29) is 12.2 Å². The third kappa shape index (κ3) is 2.81. The summed E-state index contributed by atoms with van der Waals surface area (Å²) in [5.74, 6) is -0.483. The minimum atomic E-state index is -1.06. The van der Waals surface area contributed by atoms with E-state index in [1.807, 2.05) is 0 Å². The van der Waals surface area contributed by atoms with Gasteiger partial charge in [0.2, 0.25) is 0 Å². The van der Waals surface area contributed by atoms with Crippen LogP contribution in [-0.4, -0.2) is 15.5 Å². The van der Waals surface area contributed by atoms with Gasteiger partial charge in [0.15, 0.2) is 5.75 Å². The van der Waals surface area contributed by atoms with Gasteiger partial charge in [0, 0.05) is 11.6 Å². The molecule has 0 bridgehead atoms. The van der Waals surface area contributed by atoms with Gasteiger partial charge in [-0.1, -0.05) is 6.07 Å². The third-order valence-electron chi connectivity index (χ3n) is 1.62. The second-order valence-corrected chi connectivity index (χ2v) is 2.88. The summed E-state index contributed by atoms with van der Waals surface area (Å²) in [6.07, 6.45) is 0. The van der Waals surface area contributed by atoms with Crippen LogP contribution in [0.4, 0.5) is 10.5 Å². The lowest BCUT2D eigenvalue weighted by Crippen LogP contribution is -2.00. The van der Waals surface area contributed by atoms with Gasteiger partial charge in [-0.2, -0.15) is 0 Å². The maximum absolute atomic E-state index is 10.6. The van der Waals surface area contributed by atoms with E-state index in [2.05, 4.69) is 4.74 Å². The molecule has 1 aromatic carbocycles. The molecule has 0 aliphatic heterocycles. The predicted octanol–water partition coefficient (Wildman–Crippen LogP) is 2.18. The molecule has 0 unspecified atom stereocenters. The largest absolute Gasteiger partial charge is 0.502 e. The van der Waals surface area contributed by atoms with Crippen LogP contribution in [-0.2, 0) is 11.3 Å². The number of aromatic hydroxyl groups is 1. The number of halogens is 1. The van der Waals surface area contributed by atoms with Crippen LogP contribution >= 0.6 is 11.6 Å². The van der Waals surface area contributed by atoms with Gasteiger partial charge in [-0.3, -0.25) is 10.1 Å². The Labute approximate surface area is 89.2 Å². The fourth-order valence-electron chi connectivity index (χ4n) is 1.04. The topological polar surface area (TPSA) is 89.7 Å². The maximum Gasteiger partial charge on any atom is 0.404 e. The summed E-state index contributed by atoms with van der Waals surface area (Å²) in [7, 11) is 0. The molecule has 15 heavy (non-hydrogen) atoms. The molecule has 1 rings (SSSR count). The molecule has 0 aliphatic rings. The molecular formula is C8H6ClNO5. The Kier molecular flexibility index (Phi) is 3.46. The number of para-hydroxylation sites is 1. The monoisotopic (exact) mass is 231 g/mol. The van der Waals surface area contributed by atoms with Gasteiger partial charge in [0.1, 0.15) is 6.61 Å². The molecule has 0 saturated heterocycles. The van der Waals surface area contributed by atoms with Gasteiger partial charge >= 0.3 is 11.1 Å². The zero-order valence-corrected chi connectivity index (χ0v) is 8.10. The lowest BCUT2D eigenvalue weighted by atomic mass is 10.2. The van der Waals surface area contributed by atoms with Crippen molar-refractivity contribution < 1.29 is 19.6 Å². The number of rotatable bonds is 3. The first kappa shape index (κ1) is 11.3. The fraction of sp³-hybridized carbons (Fsp3) is 0.125. The van der Waals surface area contributed by atoms with Crippen molar-refractivity contribution >= 4 is 22.7 Å². The second-order valence-electron chi connectivity index (χ2n) is 2.57. The number of phenols is 1. The van der Waals surface area contributed by atoms with E-state index < -0.39 is 21.8 Å². The zero-order valence-electron chi connectivity index (χ0n) is 7.34. The van der Waals surface area contributed by atoms with Crippen molar-refractivity contribution in [1.29, 1.82) is 0 Å². The Morgan fingerprint density at radius 2 is 2.27 bits per heavy atom. The molecule has 1 N–H and O–H groups in total. The van der Waals surface area contributed by atoms with Crippen molar-refractivity contribution in [2.45, 2.75) is 6.61 Å². The lowest BCUT2D eigenvalue weighted by molar-refractivity contribution is -0.386. The van der Waals surface area contributed by atoms with E-state index >= 15 is 0 Å². The molecule has 0 radical (unpaired) electrons. The van der Waals surface area contributed by atoms with Crippen LogP contribution in [0.15, 0.2) is 18.2 Å². The molecule has 0 aliphatic carbocycles. The first-order valence-corrected chi connectivity index (χ1v) is 4.17. The average Bonchev–Trinajstić information content (AvgIpc) is 2.13. The van der Waals surface area contributed by atoms with Crippen LogP contribution in [0.2, 0.25) is 0 Å². The number of benzene rings is 1. The summed E-state index contributed by atoms with van der Waals surface area (Å²) >= 11 is 4.91. The van der Waals surface area contributed by atoms with Gasteiger partial charge < -0.3 is 9.84 Å². The number of carbonyl (C=O) groups excluding carboxylic acids is 1. The molecule has 1 aromatic rings. The summed E-state index contributed by atoms with van der Waals surface area (Å²) in [4.78, 5) is 20.1. The van der Waals surface area contributed by atoms with Gasteiger partial charge in [0.25, 0.3) is 0 Å². The average molecular weight is 232 g/mol. The van der Waals surface area contributed by atoms with Crippen LogP contribution in [0.1, 0.15) is 5.56 Å². The number of carbonyl (C=O) groups is 1. The smallest absolute Gasteiger partial charge is 0.404 e. The molecule has 0 fully saturated rings. The fourth-order valence-corrected chi connectivity index (χ4v) is 1.09. The van der Waals surface area contributed by atoms with Crippen LogP contribution in [0.5, 0.6) is 5.75 Å². The molecule has 7 heteroatoms. The standard InChI is InChI=1S/C8H6ClNO5/c9-8(12)15-4-5-2-1-3-6(11)7(5)10(13)14/h1-3,11H,4H2. The SMILES string of the molecule is O=C(Cl)OCc1cccc(O)c1[N+](=O)[O-]. The van der Waals surface area contributed by atoms with Crippen LogP contribution in [0.3, 0.4) is 0 Å². The van der Waals surface area contributed by atoms with E-state index in [1.165, 1.54) is 18.2 Å². The summed E-state index contributed by atoms with van der Waals surface area (Å²) in [6, 6.07) is 3.93. The molecule has 0 spiro atoms. The summed E-state index contributed by atoms with van der Waals surface area (Å²) < 4.78 is 4.38. The van der Waals surface area contributed by atoms with E-state index in [0.29, 0.717) is 0 Å². The number of nitrogens with zero attached hydrogens (tertiary/aromatic N) is 1. The highest BCUT2D eigenvalue weighted by atomic mass is 35.5. The molecule has 0 heterocycles. The highest BCUT2D eigenvalue weighted by Crippen LogP contribution is 2.29. The Morgan fingerprint density at radius 3 is 2.80 bits per heavy atom. The Hall–Kier alpha value is -1.82. The first-order valence-electron chi connectivity index (χ1n) is 3.80. The van der Waals surface area contributed by atoms with Gasteiger partial charge in [-0.05, 0) is 12.1 Å². The number of hydrogen-bond donors (Lipinski definition) is 1. The van der Waals surface area contributed by atoms with E-state index in [4.69, 9.17) is 11.6 Å². The molecule has 80 valence electrons. The van der Waals surface area contributed by atoms with Crippen molar-refractivity contribution in [3.8, 4) is 5.75 Å². The Bertz CT molecular complexity index is 406. The maximum atomic E-state index is 10.6. The number of phenolic OH excluding ortho intramolecular Hbond substituents is 1. The molecule has 6 nitrogen and oxygen atoms in total. The number of nitro groups is 1. The minimum Gasteiger partial charge on any atom is -0.502 e. The van der Waals surface area contributed by atoms with Gasteiger partial charge in [-0.15, -0.1) is 0 Å². The van der Waals surface area contributed by atoms with Crippen LogP contribution in [0.25, 0.3) is 0 Å². The van der Waals surface area contributed by atoms with Crippen LogP contribution in [0, 0.1) is 10.1 Å². The van der Waals surface area contributed by atoms with Crippen molar-refractivity contribution in [2.75, 3.05) is 0 Å².